The number of carbonyl (C=O) groups is 1. The molecular formula is C16H24N4O3. The molecule has 0 saturated heterocycles. The molecule has 0 bridgehead atoms. The van der Waals surface area contributed by atoms with E-state index >= 15 is 0 Å². The van der Waals surface area contributed by atoms with Crippen molar-refractivity contribution in [2.75, 3.05) is 40.5 Å². The second kappa shape index (κ2) is 8.26. The first-order valence-electron chi connectivity index (χ1n) is 7.71. The fourth-order valence-electron chi connectivity index (χ4n) is 2.05. The zero-order chi connectivity index (χ0) is 16.7. The minimum atomic E-state index is -0.0297. The van der Waals surface area contributed by atoms with Crippen molar-refractivity contribution in [3.8, 4) is 11.5 Å². The Bertz CT molecular complexity index is 572. The second-order valence-corrected chi connectivity index (χ2v) is 5.35. The van der Waals surface area contributed by atoms with Gasteiger partial charge < -0.3 is 25.0 Å². The summed E-state index contributed by atoms with van der Waals surface area (Å²) in [4.78, 5) is 17.4. The number of aliphatic imine (C=N–C) groups is 1. The Morgan fingerprint density at radius 3 is 2.78 bits per heavy atom. The molecule has 1 aliphatic heterocycles. The molecule has 1 aromatic carbocycles. The molecule has 0 aromatic heterocycles. The van der Waals surface area contributed by atoms with E-state index in [4.69, 9.17) is 9.47 Å². The maximum atomic E-state index is 11.6. The number of carbonyl (C=O) groups excluding carboxylic acids is 1. The van der Waals surface area contributed by atoms with Gasteiger partial charge in [-0.3, -0.25) is 4.79 Å². The third-order valence-corrected chi connectivity index (χ3v) is 3.36. The molecule has 0 aliphatic carbocycles. The minimum absolute atomic E-state index is 0.0297. The van der Waals surface area contributed by atoms with Gasteiger partial charge in [-0.2, -0.15) is 0 Å². The molecule has 1 aliphatic rings. The summed E-state index contributed by atoms with van der Waals surface area (Å²) in [6.07, 6.45) is 0.822. The van der Waals surface area contributed by atoms with Crippen LogP contribution in [0.1, 0.15) is 12.5 Å². The molecule has 0 saturated carbocycles. The molecule has 0 atom stereocenters. The van der Waals surface area contributed by atoms with Gasteiger partial charge in [0.2, 0.25) is 12.7 Å². The van der Waals surface area contributed by atoms with Gasteiger partial charge in [-0.15, -0.1) is 0 Å². The lowest BCUT2D eigenvalue weighted by molar-refractivity contribution is -0.127. The van der Waals surface area contributed by atoms with Gasteiger partial charge in [-0.25, -0.2) is 4.99 Å². The number of nitrogens with one attached hydrogen (secondary N) is 2. The highest BCUT2D eigenvalue weighted by Gasteiger charge is 2.13. The molecule has 2 N–H and O–H groups in total. The maximum Gasteiger partial charge on any atom is 0.243 e. The van der Waals surface area contributed by atoms with Crippen LogP contribution in [-0.2, 0) is 11.2 Å². The van der Waals surface area contributed by atoms with E-state index in [0.29, 0.717) is 12.5 Å². The van der Waals surface area contributed by atoms with Crippen molar-refractivity contribution in [2.24, 2.45) is 4.99 Å². The Morgan fingerprint density at radius 1 is 1.26 bits per heavy atom. The van der Waals surface area contributed by atoms with Crippen LogP contribution in [0, 0.1) is 0 Å². The van der Waals surface area contributed by atoms with Crippen LogP contribution in [0.4, 0.5) is 0 Å². The zero-order valence-corrected chi connectivity index (χ0v) is 13.9. The van der Waals surface area contributed by atoms with Gasteiger partial charge in [0.05, 0.1) is 0 Å². The molecule has 2 rings (SSSR count). The molecular weight excluding hydrogens is 296 g/mol. The van der Waals surface area contributed by atoms with Crippen LogP contribution >= 0.6 is 0 Å². The van der Waals surface area contributed by atoms with E-state index in [1.807, 2.05) is 25.1 Å². The highest BCUT2D eigenvalue weighted by atomic mass is 16.7. The number of amides is 1. The van der Waals surface area contributed by atoms with Gasteiger partial charge >= 0.3 is 0 Å². The summed E-state index contributed by atoms with van der Waals surface area (Å²) in [5, 5.41) is 6.36. The molecule has 7 nitrogen and oxygen atoms in total. The summed E-state index contributed by atoms with van der Waals surface area (Å²) in [6, 6.07) is 5.94. The highest BCUT2D eigenvalue weighted by Crippen LogP contribution is 2.32. The monoisotopic (exact) mass is 320 g/mol. The Labute approximate surface area is 136 Å². The first-order valence-corrected chi connectivity index (χ1v) is 7.71. The molecule has 0 fully saturated rings. The highest BCUT2D eigenvalue weighted by molar-refractivity contribution is 5.84. The quantitative estimate of drug-likeness (QED) is 0.593. The molecule has 1 heterocycles. The van der Waals surface area contributed by atoms with E-state index in [-0.39, 0.29) is 19.2 Å². The largest absolute Gasteiger partial charge is 0.454 e. The van der Waals surface area contributed by atoms with Crippen molar-refractivity contribution < 1.29 is 14.3 Å². The number of ether oxygens (including phenoxy) is 2. The average Bonchev–Trinajstić information content (AvgIpc) is 2.99. The number of rotatable bonds is 6. The lowest BCUT2D eigenvalue weighted by Gasteiger charge is -2.12. The number of benzene rings is 1. The zero-order valence-electron chi connectivity index (χ0n) is 13.9. The predicted octanol–water partition coefficient (Wildman–Crippen LogP) is 0.601. The number of hydrogen-bond acceptors (Lipinski definition) is 4. The lowest BCUT2D eigenvalue weighted by Crippen LogP contribution is -2.39. The minimum Gasteiger partial charge on any atom is -0.454 e. The van der Waals surface area contributed by atoms with Crippen LogP contribution in [-0.4, -0.2) is 57.3 Å². The normalized spacial score (nSPS) is 12.9. The number of fused-ring (bicyclic) bond motifs is 1. The van der Waals surface area contributed by atoms with E-state index in [2.05, 4.69) is 15.6 Å². The Kier molecular flexibility index (Phi) is 6.08. The number of guanidine groups is 1. The summed E-state index contributed by atoms with van der Waals surface area (Å²) < 4.78 is 10.7. The van der Waals surface area contributed by atoms with Crippen LogP contribution in [0.5, 0.6) is 11.5 Å². The van der Waals surface area contributed by atoms with Crippen molar-refractivity contribution in [3.63, 3.8) is 0 Å². The molecule has 1 aromatic rings. The molecule has 1 amide bonds. The third-order valence-electron chi connectivity index (χ3n) is 3.36. The van der Waals surface area contributed by atoms with Crippen LogP contribution < -0.4 is 20.1 Å². The molecule has 0 unspecified atom stereocenters. The summed E-state index contributed by atoms with van der Waals surface area (Å²) >= 11 is 0. The Hall–Kier alpha value is -2.44. The lowest BCUT2D eigenvalue weighted by atomic mass is 10.1. The fraction of sp³-hybridized carbons (Fsp3) is 0.500. The van der Waals surface area contributed by atoms with Crippen molar-refractivity contribution in [3.05, 3.63) is 23.8 Å². The van der Waals surface area contributed by atoms with Crippen LogP contribution in [0.25, 0.3) is 0 Å². The van der Waals surface area contributed by atoms with Gasteiger partial charge in [-0.1, -0.05) is 6.07 Å². The van der Waals surface area contributed by atoms with E-state index < -0.39 is 0 Å². The first-order chi connectivity index (χ1) is 11.1. The summed E-state index contributed by atoms with van der Waals surface area (Å²) in [5.74, 6) is 2.19. The van der Waals surface area contributed by atoms with Gasteiger partial charge in [0.15, 0.2) is 17.5 Å². The maximum absolute atomic E-state index is 11.6. The van der Waals surface area contributed by atoms with Crippen molar-refractivity contribution in [1.82, 2.24) is 15.5 Å². The SMILES string of the molecule is CCNC(=NCC(=O)N(C)C)NCCc1ccc2c(c1)OCO2. The smallest absolute Gasteiger partial charge is 0.243 e. The molecule has 23 heavy (non-hydrogen) atoms. The summed E-state index contributed by atoms with van der Waals surface area (Å²) in [5.41, 5.74) is 1.15. The van der Waals surface area contributed by atoms with Crippen molar-refractivity contribution in [1.29, 1.82) is 0 Å². The molecule has 7 heteroatoms. The average molecular weight is 320 g/mol. The first kappa shape index (κ1) is 16.9. The second-order valence-electron chi connectivity index (χ2n) is 5.35. The molecule has 0 radical (unpaired) electrons. The Morgan fingerprint density at radius 2 is 2.04 bits per heavy atom. The summed E-state index contributed by atoms with van der Waals surface area (Å²) in [7, 11) is 3.44. The van der Waals surface area contributed by atoms with Crippen LogP contribution in [0.3, 0.4) is 0 Å². The van der Waals surface area contributed by atoms with Crippen LogP contribution in [0.2, 0.25) is 0 Å². The van der Waals surface area contributed by atoms with E-state index in [0.717, 1.165) is 30.0 Å². The van der Waals surface area contributed by atoms with Gasteiger partial charge in [0.1, 0.15) is 6.54 Å². The number of nitrogens with zero attached hydrogens (tertiary/aromatic N) is 2. The van der Waals surface area contributed by atoms with E-state index in [1.165, 1.54) is 4.90 Å². The number of hydrogen-bond donors (Lipinski definition) is 2. The van der Waals surface area contributed by atoms with Gasteiger partial charge in [-0.05, 0) is 31.0 Å². The van der Waals surface area contributed by atoms with E-state index in [1.54, 1.807) is 14.1 Å². The number of likely N-dealkylation sites (N-methyl/N-ethyl adjacent to an activating group) is 1. The van der Waals surface area contributed by atoms with Gasteiger partial charge in [0, 0.05) is 27.2 Å². The van der Waals surface area contributed by atoms with Gasteiger partial charge in [0.25, 0.3) is 0 Å². The topological polar surface area (TPSA) is 75.2 Å². The van der Waals surface area contributed by atoms with Crippen molar-refractivity contribution >= 4 is 11.9 Å². The predicted molar refractivity (Wildman–Crippen MR) is 88.9 cm³/mol. The van der Waals surface area contributed by atoms with Crippen molar-refractivity contribution in [2.45, 2.75) is 13.3 Å². The Balaban J connectivity index is 1.84. The standard InChI is InChI=1S/C16H24N4O3/c1-4-17-16(19-10-15(21)20(2)3)18-8-7-12-5-6-13-14(9-12)23-11-22-13/h5-6,9H,4,7-8,10-11H2,1-3H3,(H2,17,18,19). The van der Waals surface area contributed by atoms with Crippen LogP contribution in [0.15, 0.2) is 23.2 Å². The third kappa shape index (κ3) is 5.05. The summed E-state index contributed by atoms with van der Waals surface area (Å²) in [6.45, 7) is 3.86. The van der Waals surface area contributed by atoms with E-state index in [9.17, 15) is 4.79 Å². The molecule has 0 spiro atoms. The fourth-order valence-corrected chi connectivity index (χ4v) is 2.05. The molecule has 126 valence electrons.